The van der Waals surface area contributed by atoms with Gasteiger partial charge in [0.1, 0.15) is 0 Å². The van der Waals surface area contributed by atoms with Gasteiger partial charge in [0.05, 0.1) is 0 Å². The zero-order valence-electron chi connectivity index (χ0n) is 8.08. The van der Waals surface area contributed by atoms with E-state index in [9.17, 15) is 0 Å². The number of hydrogen-bond donors (Lipinski definition) is 0. The second kappa shape index (κ2) is 2.77. The standard InChI is InChI=1S/C10H18N2/c1-8(2)12-6-9-4-11(3)5-10(9)7-12/h9-10H,1,4-7H2,2-3H3. The Morgan fingerprint density at radius 1 is 1.17 bits per heavy atom. The van der Waals surface area contributed by atoms with Crippen molar-refractivity contribution in [3.8, 4) is 0 Å². The fraction of sp³-hybridized carbons (Fsp3) is 0.800. The van der Waals surface area contributed by atoms with Crippen molar-refractivity contribution in [2.75, 3.05) is 33.2 Å². The van der Waals surface area contributed by atoms with Gasteiger partial charge in [0.2, 0.25) is 0 Å². The topological polar surface area (TPSA) is 6.48 Å². The van der Waals surface area contributed by atoms with Crippen LogP contribution in [-0.2, 0) is 0 Å². The molecule has 2 fully saturated rings. The summed E-state index contributed by atoms with van der Waals surface area (Å²) in [6.45, 7) is 11.2. The zero-order valence-corrected chi connectivity index (χ0v) is 8.08. The molecule has 2 atom stereocenters. The molecule has 2 heterocycles. The van der Waals surface area contributed by atoms with Crippen LogP contribution in [0, 0.1) is 11.8 Å². The highest BCUT2D eigenvalue weighted by atomic mass is 15.2. The third-order valence-corrected chi connectivity index (χ3v) is 3.21. The van der Waals surface area contributed by atoms with E-state index >= 15 is 0 Å². The second-order valence-corrected chi connectivity index (χ2v) is 4.38. The molecule has 2 unspecified atom stereocenters. The maximum absolute atomic E-state index is 4.00. The highest BCUT2D eigenvalue weighted by molar-refractivity contribution is 5.00. The fourth-order valence-corrected chi connectivity index (χ4v) is 2.54. The highest BCUT2D eigenvalue weighted by Gasteiger charge is 2.38. The quantitative estimate of drug-likeness (QED) is 0.573. The number of allylic oxidation sites excluding steroid dienone is 1. The van der Waals surface area contributed by atoms with E-state index in [4.69, 9.17) is 0 Å². The van der Waals surface area contributed by atoms with Crippen molar-refractivity contribution < 1.29 is 0 Å². The van der Waals surface area contributed by atoms with E-state index in [1.54, 1.807) is 0 Å². The molecular weight excluding hydrogens is 148 g/mol. The molecule has 2 nitrogen and oxygen atoms in total. The Kier molecular flexibility index (Phi) is 1.87. The lowest BCUT2D eigenvalue weighted by atomic mass is 10.0. The van der Waals surface area contributed by atoms with Gasteiger partial charge >= 0.3 is 0 Å². The average molecular weight is 166 g/mol. The molecule has 0 saturated carbocycles. The third kappa shape index (κ3) is 1.24. The molecule has 0 bridgehead atoms. The van der Waals surface area contributed by atoms with Gasteiger partial charge in [-0.2, -0.15) is 0 Å². The van der Waals surface area contributed by atoms with Crippen molar-refractivity contribution in [1.29, 1.82) is 0 Å². The first-order chi connectivity index (χ1) is 5.66. The normalized spacial score (nSPS) is 35.7. The SMILES string of the molecule is C=C(C)N1CC2CN(C)CC2C1. The molecule has 0 spiro atoms. The largest absolute Gasteiger partial charge is 0.375 e. The lowest BCUT2D eigenvalue weighted by Gasteiger charge is -2.20. The van der Waals surface area contributed by atoms with Crippen molar-refractivity contribution in [3.63, 3.8) is 0 Å². The molecule has 0 aliphatic carbocycles. The van der Waals surface area contributed by atoms with Crippen molar-refractivity contribution in [3.05, 3.63) is 12.3 Å². The van der Waals surface area contributed by atoms with Gasteiger partial charge in [0, 0.05) is 31.9 Å². The molecule has 2 aliphatic heterocycles. The Bertz CT molecular complexity index is 186. The van der Waals surface area contributed by atoms with E-state index in [0.717, 1.165) is 11.8 Å². The van der Waals surface area contributed by atoms with E-state index in [0.29, 0.717) is 0 Å². The van der Waals surface area contributed by atoms with Crippen molar-refractivity contribution >= 4 is 0 Å². The molecule has 2 rings (SSSR count). The van der Waals surface area contributed by atoms with Crippen LogP contribution in [0.1, 0.15) is 6.92 Å². The van der Waals surface area contributed by atoms with E-state index in [1.165, 1.54) is 31.9 Å². The predicted octanol–water partition coefficient (Wildman–Crippen LogP) is 1.01. The fourth-order valence-electron chi connectivity index (χ4n) is 2.54. The number of hydrogen-bond acceptors (Lipinski definition) is 2. The van der Waals surface area contributed by atoms with Crippen LogP contribution >= 0.6 is 0 Å². The van der Waals surface area contributed by atoms with Crippen molar-refractivity contribution in [2.24, 2.45) is 11.8 Å². The molecule has 0 N–H and O–H groups in total. The first-order valence-corrected chi connectivity index (χ1v) is 4.76. The van der Waals surface area contributed by atoms with Gasteiger partial charge in [-0.25, -0.2) is 0 Å². The lowest BCUT2D eigenvalue weighted by molar-refractivity contribution is 0.322. The van der Waals surface area contributed by atoms with E-state index in [2.05, 4.69) is 30.4 Å². The molecule has 2 heteroatoms. The van der Waals surface area contributed by atoms with Crippen LogP contribution in [0.3, 0.4) is 0 Å². The predicted molar refractivity (Wildman–Crippen MR) is 50.9 cm³/mol. The van der Waals surface area contributed by atoms with Gasteiger partial charge in [-0.15, -0.1) is 0 Å². The molecule has 0 aromatic heterocycles. The maximum atomic E-state index is 4.00. The molecule has 0 aromatic rings. The summed E-state index contributed by atoms with van der Waals surface area (Å²) in [5.74, 6) is 1.82. The summed E-state index contributed by atoms with van der Waals surface area (Å²) >= 11 is 0. The minimum atomic E-state index is 0.909. The van der Waals surface area contributed by atoms with Crippen LogP contribution in [0.5, 0.6) is 0 Å². The van der Waals surface area contributed by atoms with Crippen LogP contribution in [0.15, 0.2) is 12.3 Å². The molecule has 2 aliphatic rings. The van der Waals surface area contributed by atoms with E-state index in [-0.39, 0.29) is 0 Å². The van der Waals surface area contributed by atoms with Gasteiger partial charge in [0.15, 0.2) is 0 Å². The molecular formula is C10H18N2. The summed E-state index contributed by atoms with van der Waals surface area (Å²) < 4.78 is 0. The Morgan fingerprint density at radius 2 is 1.67 bits per heavy atom. The van der Waals surface area contributed by atoms with Gasteiger partial charge in [-0.1, -0.05) is 6.58 Å². The Balaban J connectivity index is 1.98. The summed E-state index contributed by atoms with van der Waals surface area (Å²) in [5.41, 5.74) is 1.24. The number of rotatable bonds is 1. The highest BCUT2D eigenvalue weighted by Crippen LogP contribution is 2.31. The van der Waals surface area contributed by atoms with Crippen molar-refractivity contribution in [2.45, 2.75) is 6.92 Å². The molecule has 0 radical (unpaired) electrons. The molecule has 0 amide bonds. The first-order valence-electron chi connectivity index (χ1n) is 4.76. The third-order valence-electron chi connectivity index (χ3n) is 3.21. The number of fused-ring (bicyclic) bond motifs is 1. The molecule has 68 valence electrons. The lowest BCUT2D eigenvalue weighted by Crippen LogP contribution is -2.25. The summed E-state index contributed by atoms with van der Waals surface area (Å²) in [4.78, 5) is 4.88. The summed E-state index contributed by atoms with van der Waals surface area (Å²) in [5, 5.41) is 0. The van der Waals surface area contributed by atoms with E-state index in [1.807, 2.05) is 0 Å². The zero-order chi connectivity index (χ0) is 8.72. The van der Waals surface area contributed by atoms with E-state index < -0.39 is 0 Å². The van der Waals surface area contributed by atoms with Gasteiger partial charge in [-0.05, 0) is 25.8 Å². The molecule has 2 saturated heterocycles. The van der Waals surface area contributed by atoms with Crippen LogP contribution in [0.25, 0.3) is 0 Å². The van der Waals surface area contributed by atoms with Crippen molar-refractivity contribution in [1.82, 2.24) is 9.80 Å². The minimum absolute atomic E-state index is 0.909. The number of likely N-dealkylation sites (tertiary alicyclic amines) is 2. The van der Waals surface area contributed by atoms with Gasteiger partial charge < -0.3 is 9.80 Å². The van der Waals surface area contributed by atoms with Crippen LogP contribution in [0.4, 0.5) is 0 Å². The van der Waals surface area contributed by atoms with Crippen LogP contribution < -0.4 is 0 Å². The number of nitrogens with zero attached hydrogens (tertiary/aromatic N) is 2. The Hall–Kier alpha value is -0.500. The smallest absolute Gasteiger partial charge is 0.0219 e. The molecule has 0 aromatic carbocycles. The maximum Gasteiger partial charge on any atom is 0.0219 e. The summed E-state index contributed by atoms with van der Waals surface area (Å²) in [6, 6.07) is 0. The monoisotopic (exact) mass is 166 g/mol. The van der Waals surface area contributed by atoms with Gasteiger partial charge in [0.25, 0.3) is 0 Å². The average Bonchev–Trinajstić information content (AvgIpc) is 2.42. The minimum Gasteiger partial charge on any atom is -0.375 e. The first kappa shape index (κ1) is 8.11. The van der Waals surface area contributed by atoms with Crippen LogP contribution in [-0.4, -0.2) is 43.0 Å². The summed E-state index contributed by atoms with van der Waals surface area (Å²) in [7, 11) is 2.23. The molecule has 12 heavy (non-hydrogen) atoms. The summed E-state index contributed by atoms with van der Waals surface area (Å²) in [6.07, 6.45) is 0. The second-order valence-electron chi connectivity index (χ2n) is 4.38. The van der Waals surface area contributed by atoms with Crippen LogP contribution in [0.2, 0.25) is 0 Å². The van der Waals surface area contributed by atoms with Gasteiger partial charge in [-0.3, -0.25) is 0 Å². The Morgan fingerprint density at radius 3 is 2.08 bits per heavy atom. The Labute approximate surface area is 74.8 Å².